The van der Waals surface area contributed by atoms with Crippen molar-refractivity contribution in [3.8, 4) is 0 Å². The van der Waals surface area contributed by atoms with Crippen molar-refractivity contribution in [1.82, 2.24) is 4.90 Å². The molecule has 1 amide bonds. The monoisotopic (exact) mass is 305 g/mol. The Morgan fingerprint density at radius 2 is 1.77 bits per heavy atom. The molecular formula is C17H14F3NO. The number of halogens is 3. The Kier molecular flexibility index (Phi) is 3.64. The number of hydrogen-bond donors (Lipinski definition) is 0. The summed E-state index contributed by atoms with van der Waals surface area (Å²) in [6.07, 6.45) is 0.578. The van der Waals surface area contributed by atoms with Crippen LogP contribution in [0.4, 0.5) is 13.2 Å². The highest BCUT2D eigenvalue weighted by Gasteiger charge is 2.29. The molecule has 1 aliphatic rings. The van der Waals surface area contributed by atoms with Gasteiger partial charge in [-0.25, -0.2) is 13.2 Å². The summed E-state index contributed by atoms with van der Waals surface area (Å²) in [7, 11) is 0. The first kappa shape index (κ1) is 14.6. The van der Waals surface area contributed by atoms with Crippen LogP contribution in [0.2, 0.25) is 0 Å². The fourth-order valence-electron chi connectivity index (χ4n) is 2.88. The summed E-state index contributed by atoms with van der Waals surface area (Å²) in [4.78, 5) is 14.0. The Bertz CT molecular complexity index is 745. The number of amides is 1. The molecule has 0 fully saturated rings. The van der Waals surface area contributed by atoms with E-state index in [-0.39, 0.29) is 17.4 Å². The van der Waals surface area contributed by atoms with Crippen molar-refractivity contribution >= 4 is 5.91 Å². The van der Waals surface area contributed by atoms with E-state index in [1.165, 1.54) is 17.0 Å². The van der Waals surface area contributed by atoms with E-state index in [0.717, 1.165) is 23.3 Å². The summed E-state index contributed by atoms with van der Waals surface area (Å²) in [5.74, 6) is -2.50. The quantitative estimate of drug-likeness (QED) is 0.783. The Balaban J connectivity index is 1.94. The molecule has 2 aromatic carbocycles. The molecule has 1 unspecified atom stereocenters. The fraction of sp³-hybridized carbons (Fsp3) is 0.235. The predicted octanol–water partition coefficient (Wildman–Crippen LogP) is 3.86. The van der Waals surface area contributed by atoms with Crippen LogP contribution in [0, 0.1) is 17.5 Å². The van der Waals surface area contributed by atoms with Crippen LogP contribution in [-0.2, 0) is 6.42 Å². The highest BCUT2D eigenvalue weighted by Crippen LogP contribution is 2.31. The lowest BCUT2D eigenvalue weighted by Gasteiger charge is -2.35. The largest absolute Gasteiger partial charge is 0.331 e. The summed E-state index contributed by atoms with van der Waals surface area (Å²) in [5, 5.41) is 0. The van der Waals surface area contributed by atoms with Crippen LogP contribution in [0.1, 0.15) is 34.5 Å². The van der Waals surface area contributed by atoms with Gasteiger partial charge < -0.3 is 4.90 Å². The summed E-state index contributed by atoms with van der Waals surface area (Å²) in [6, 6.07) is 7.02. The number of carbonyl (C=O) groups excluding carboxylic acids is 1. The van der Waals surface area contributed by atoms with Gasteiger partial charge in [-0.2, -0.15) is 0 Å². The van der Waals surface area contributed by atoms with E-state index in [1.807, 2.05) is 0 Å². The number of rotatable bonds is 1. The van der Waals surface area contributed by atoms with Crippen molar-refractivity contribution in [3.63, 3.8) is 0 Å². The molecule has 114 valence electrons. The third kappa shape index (κ3) is 2.47. The van der Waals surface area contributed by atoms with Gasteiger partial charge in [0, 0.05) is 12.6 Å². The minimum Gasteiger partial charge on any atom is -0.331 e. The molecule has 1 heterocycles. The van der Waals surface area contributed by atoms with Crippen molar-refractivity contribution in [2.45, 2.75) is 19.4 Å². The number of benzene rings is 2. The maximum atomic E-state index is 13.8. The van der Waals surface area contributed by atoms with Crippen LogP contribution in [0.15, 0.2) is 36.4 Å². The third-order valence-corrected chi connectivity index (χ3v) is 4.07. The van der Waals surface area contributed by atoms with E-state index in [2.05, 4.69) is 0 Å². The third-order valence-electron chi connectivity index (χ3n) is 4.07. The number of fused-ring (bicyclic) bond motifs is 1. The van der Waals surface area contributed by atoms with Gasteiger partial charge in [0.1, 0.15) is 17.5 Å². The second kappa shape index (κ2) is 5.48. The van der Waals surface area contributed by atoms with Crippen LogP contribution >= 0.6 is 0 Å². The van der Waals surface area contributed by atoms with Crippen LogP contribution in [0.5, 0.6) is 0 Å². The number of hydrogen-bond acceptors (Lipinski definition) is 1. The van der Waals surface area contributed by atoms with Crippen molar-refractivity contribution < 1.29 is 18.0 Å². The van der Waals surface area contributed by atoms with E-state index in [9.17, 15) is 18.0 Å². The molecule has 0 aromatic heterocycles. The van der Waals surface area contributed by atoms with Gasteiger partial charge in [-0.1, -0.05) is 6.07 Å². The van der Waals surface area contributed by atoms with Crippen LogP contribution < -0.4 is 0 Å². The first-order valence-electron chi connectivity index (χ1n) is 7.01. The van der Waals surface area contributed by atoms with Gasteiger partial charge in [0.15, 0.2) is 0 Å². The predicted molar refractivity (Wildman–Crippen MR) is 75.9 cm³/mol. The standard InChI is InChI=1S/C17H14F3NO/c1-10-15-8-12(18)3-2-11(15)6-7-21(10)17(22)14-5-4-13(19)9-16(14)20/h2-5,8-10H,6-7H2,1H3. The lowest BCUT2D eigenvalue weighted by molar-refractivity contribution is 0.0672. The summed E-state index contributed by atoms with van der Waals surface area (Å²) < 4.78 is 40.2. The smallest absolute Gasteiger partial charge is 0.257 e. The second-order valence-electron chi connectivity index (χ2n) is 5.39. The first-order chi connectivity index (χ1) is 10.5. The molecule has 2 aromatic rings. The van der Waals surface area contributed by atoms with Gasteiger partial charge in [-0.15, -0.1) is 0 Å². The van der Waals surface area contributed by atoms with Crippen LogP contribution in [0.3, 0.4) is 0 Å². The normalized spacial score (nSPS) is 17.3. The van der Waals surface area contributed by atoms with Gasteiger partial charge in [-0.05, 0) is 48.7 Å². The highest BCUT2D eigenvalue weighted by atomic mass is 19.1. The van der Waals surface area contributed by atoms with Crippen molar-refractivity contribution in [2.75, 3.05) is 6.54 Å². The summed E-state index contributed by atoms with van der Waals surface area (Å²) in [5.41, 5.74) is 1.53. The van der Waals surface area contributed by atoms with Gasteiger partial charge in [0.2, 0.25) is 0 Å². The van der Waals surface area contributed by atoms with E-state index in [4.69, 9.17) is 0 Å². The average molecular weight is 305 g/mol. The Morgan fingerprint density at radius 3 is 2.50 bits per heavy atom. The molecule has 5 heteroatoms. The Labute approximate surface area is 126 Å². The zero-order valence-electron chi connectivity index (χ0n) is 11.9. The SMILES string of the molecule is CC1c2cc(F)ccc2CCN1C(=O)c1ccc(F)cc1F. The zero-order valence-corrected chi connectivity index (χ0v) is 11.9. The van der Waals surface area contributed by atoms with E-state index >= 15 is 0 Å². The molecule has 0 radical (unpaired) electrons. The van der Waals surface area contributed by atoms with Crippen molar-refractivity contribution in [2.24, 2.45) is 0 Å². The van der Waals surface area contributed by atoms with Crippen molar-refractivity contribution in [3.05, 3.63) is 70.5 Å². The van der Waals surface area contributed by atoms with E-state index in [0.29, 0.717) is 19.0 Å². The Morgan fingerprint density at radius 1 is 1.09 bits per heavy atom. The minimum atomic E-state index is -0.887. The maximum Gasteiger partial charge on any atom is 0.257 e. The molecule has 1 aliphatic heterocycles. The van der Waals surface area contributed by atoms with Gasteiger partial charge in [0.25, 0.3) is 5.91 Å². The maximum absolute atomic E-state index is 13.8. The molecule has 0 N–H and O–H groups in total. The highest BCUT2D eigenvalue weighted by molar-refractivity contribution is 5.95. The molecular weight excluding hydrogens is 291 g/mol. The molecule has 22 heavy (non-hydrogen) atoms. The lowest BCUT2D eigenvalue weighted by atomic mass is 9.93. The molecule has 0 aliphatic carbocycles. The number of carbonyl (C=O) groups is 1. The molecule has 0 spiro atoms. The van der Waals surface area contributed by atoms with Gasteiger partial charge >= 0.3 is 0 Å². The molecule has 2 nitrogen and oxygen atoms in total. The molecule has 0 saturated carbocycles. The second-order valence-corrected chi connectivity index (χ2v) is 5.39. The lowest BCUT2D eigenvalue weighted by Crippen LogP contribution is -2.39. The molecule has 1 atom stereocenters. The van der Waals surface area contributed by atoms with Crippen LogP contribution in [-0.4, -0.2) is 17.4 Å². The zero-order chi connectivity index (χ0) is 15.9. The topological polar surface area (TPSA) is 20.3 Å². The minimum absolute atomic E-state index is 0.173. The fourth-order valence-corrected chi connectivity index (χ4v) is 2.88. The summed E-state index contributed by atoms with van der Waals surface area (Å²) >= 11 is 0. The van der Waals surface area contributed by atoms with Gasteiger partial charge in [0.05, 0.1) is 11.6 Å². The van der Waals surface area contributed by atoms with Gasteiger partial charge in [-0.3, -0.25) is 4.79 Å². The number of nitrogens with zero attached hydrogens (tertiary/aromatic N) is 1. The molecule has 0 saturated heterocycles. The molecule has 0 bridgehead atoms. The summed E-state index contributed by atoms with van der Waals surface area (Å²) in [6.45, 7) is 2.19. The van der Waals surface area contributed by atoms with E-state index < -0.39 is 17.5 Å². The van der Waals surface area contributed by atoms with Crippen LogP contribution in [0.25, 0.3) is 0 Å². The first-order valence-corrected chi connectivity index (χ1v) is 7.01. The Hall–Kier alpha value is -2.30. The van der Waals surface area contributed by atoms with E-state index in [1.54, 1.807) is 13.0 Å². The average Bonchev–Trinajstić information content (AvgIpc) is 2.47. The van der Waals surface area contributed by atoms with Crippen molar-refractivity contribution in [1.29, 1.82) is 0 Å². The molecule has 3 rings (SSSR count).